The van der Waals surface area contributed by atoms with Crippen molar-refractivity contribution in [3.8, 4) is 0 Å². The molecule has 1 unspecified atom stereocenters. The zero-order valence-corrected chi connectivity index (χ0v) is 16.3. The Bertz CT molecular complexity index is 453. The summed E-state index contributed by atoms with van der Waals surface area (Å²) >= 11 is 0. The fourth-order valence-electron chi connectivity index (χ4n) is 2.85. The van der Waals surface area contributed by atoms with E-state index in [9.17, 15) is 4.79 Å². The summed E-state index contributed by atoms with van der Waals surface area (Å²) in [5.74, 6) is 0.164. The Labute approximate surface area is 158 Å². The van der Waals surface area contributed by atoms with Gasteiger partial charge in [0.1, 0.15) is 0 Å². The molecule has 2 rings (SSSR count). The Hall–Kier alpha value is -0.810. The summed E-state index contributed by atoms with van der Waals surface area (Å²) in [6, 6.07) is 11.0. The molecular weight excluding hydrogens is 345 g/mol. The molecule has 0 saturated carbocycles. The average molecular weight is 376 g/mol. The van der Waals surface area contributed by atoms with Gasteiger partial charge in [0.25, 0.3) is 0 Å². The van der Waals surface area contributed by atoms with Crippen LogP contribution in [0.2, 0.25) is 0 Å². The van der Waals surface area contributed by atoms with Crippen LogP contribution >= 0.6 is 24.8 Å². The number of piperidine rings is 1. The van der Waals surface area contributed by atoms with E-state index in [1.54, 1.807) is 0 Å². The molecule has 0 spiro atoms. The lowest BCUT2D eigenvalue weighted by Crippen LogP contribution is -2.47. The van der Waals surface area contributed by atoms with Gasteiger partial charge in [0.2, 0.25) is 5.91 Å². The number of amides is 1. The molecule has 1 amide bonds. The van der Waals surface area contributed by atoms with Crippen LogP contribution in [0, 0.1) is 0 Å². The van der Waals surface area contributed by atoms with E-state index in [1.165, 1.54) is 12.0 Å². The van der Waals surface area contributed by atoms with Gasteiger partial charge in [0.05, 0.1) is 6.04 Å². The van der Waals surface area contributed by atoms with E-state index in [-0.39, 0.29) is 36.8 Å². The Balaban J connectivity index is 0.00000264. The van der Waals surface area contributed by atoms with Gasteiger partial charge in [-0.05, 0) is 45.3 Å². The van der Waals surface area contributed by atoms with E-state index in [0.717, 1.165) is 38.9 Å². The zero-order chi connectivity index (χ0) is 15.8. The molecule has 1 aromatic carbocycles. The zero-order valence-electron chi connectivity index (χ0n) is 14.7. The van der Waals surface area contributed by atoms with Crippen molar-refractivity contribution in [2.75, 3.05) is 20.1 Å². The number of halogens is 2. The van der Waals surface area contributed by atoms with Crippen molar-refractivity contribution in [1.29, 1.82) is 0 Å². The molecule has 2 N–H and O–H groups in total. The minimum atomic E-state index is 0. The second-order valence-corrected chi connectivity index (χ2v) is 6.33. The van der Waals surface area contributed by atoms with Gasteiger partial charge < -0.3 is 10.6 Å². The van der Waals surface area contributed by atoms with Gasteiger partial charge >= 0.3 is 0 Å². The van der Waals surface area contributed by atoms with E-state index in [1.807, 2.05) is 6.07 Å². The predicted octanol–water partition coefficient (Wildman–Crippen LogP) is 3.00. The van der Waals surface area contributed by atoms with Gasteiger partial charge in [0.15, 0.2) is 0 Å². The monoisotopic (exact) mass is 375 g/mol. The molecule has 1 heterocycles. The first-order valence-electron chi connectivity index (χ1n) is 8.42. The SMILES string of the molecule is CC(CCNC(=O)[C@H]1CCCCN1)N(C)Cc1ccccc1.Cl.Cl. The highest BCUT2D eigenvalue weighted by atomic mass is 35.5. The maximum atomic E-state index is 12.1. The predicted molar refractivity (Wildman–Crippen MR) is 105 cm³/mol. The molecule has 0 bridgehead atoms. The summed E-state index contributed by atoms with van der Waals surface area (Å²) in [4.78, 5) is 14.4. The highest BCUT2D eigenvalue weighted by Gasteiger charge is 2.20. The van der Waals surface area contributed by atoms with Crippen molar-refractivity contribution in [2.45, 2.75) is 51.2 Å². The minimum Gasteiger partial charge on any atom is -0.355 e. The first kappa shape index (κ1) is 23.2. The molecule has 1 saturated heterocycles. The minimum absolute atomic E-state index is 0. The molecule has 1 aliphatic heterocycles. The van der Waals surface area contributed by atoms with Gasteiger partial charge in [-0.3, -0.25) is 9.69 Å². The summed E-state index contributed by atoms with van der Waals surface area (Å²) in [5, 5.41) is 6.36. The van der Waals surface area contributed by atoms with Crippen molar-refractivity contribution in [2.24, 2.45) is 0 Å². The largest absolute Gasteiger partial charge is 0.355 e. The van der Waals surface area contributed by atoms with E-state index in [0.29, 0.717) is 6.04 Å². The van der Waals surface area contributed by atoms with E-state index in [2.05, 4.69) is 53.8 Å². The van der Waals surface area contributed by atoms with Crippen molar-refractivity contribution < 1.29 is 4.79 Å². The van der Waals surface area contributed by atoms with Gasteiger partial charge in [0, 0.05) is 19.1 Å². The summed E-state index contributed by atoms with van der Waals surface area (Å²) in [6.07, 6.45) is 4.28. The fourth-order valence-corrected chi connectivity index (χ4v) is 2.85. The maximum Gasteiger partial charge on any atom is 0.237 e. The number of rotatable bonds is 7. The quantitative estimate of drug-likeness (QED) is 0.769. The maximum absolute atomic E-state index is 12.1. The van der Waals surface area contributed by atoms with Crippen molar-refractivity contribution >= 4 is 30.7 Å². The highest BCUT2D eigenvalue weighted by molar-refractivity contribution is 5.85. The molecule has 0 radical (unpaired) electrons. The highest BCUT2D eigenvalue weighted by Crippen LogP contribution is 2.09. The lowest BCUT2D eigenvalue weighted by molar-refractivity contribution is -0.123. The van der Waals surface area contributed by atoms with Crippen LogP contribution in [0.15, 0.2) is 30.3 Å². The molecule has 0 aromatic heterocycles. The van der Waals surface area contributed by atoms with Gasteiger partial charge in [-0.25, -0.2) is 0 Å². The third kappa shape index (κ3) is 7.84. The van der Waals surface area contributed by atoms with Crippen LogP contribution in [0.1, 0.15) is 38.2 Å². The number of nitrogens with zero attached hydrogens (tertiary/aromatic N) is 1. The van der Waals surface area contributed by atoms with Crippen molar-refractivity contribution in [3.05, 3.63) is 35.9 Å². The molecule has 2 atom stereocenters. The second kappa shape index (κ2) is 12.5. The lowest BCUT2D eigenvalue weighted by atomic mass is 10.0. The molecule has 1 aromatic rings. The lowest BCUT2D eigenvalue weighted by Gasteiger charge is -2.26. The molecular formula is C18H31Cl2N3O. The topological polar surface area (TPSA) is 44.4 Å². The Morgan fingerprint density at radius 3 is 2.62 bits per heavy atom. The molecule has 1 aliphatic rings. The number of benzene rings is 1. The van der Waals surface area contributed by atoms with Gasteiger partial charge in [-0.15, -0.1) is 24.8 Å². The van der Waals surface area contributed by atoms with Crippen LogP contribution in [0.3, 0.4) is 0 Å². The number of hydrogen-bond acceptors (Lipinski definition) is 3. The second-order valence-electron chi connectivity index (χ2n) is 6.33. The number of nitrogens with one attached hydrogen (secondary N) is 2. The standard InChI is InChI=1S/C18H29N3O.2ClH/c1-15(21(2)14-16-8-4-3-5-9-16)11-13-20-18(22)17-10-6-7-12-19-17;;/h3-5,8-9,15,17,19H,6-7,10-14H2,1-2H3,(H,20,22);2*1H/t15?,17-;;/m1../s1. The van der Waals surface area contributed by atoms with Crippen LogP contribution in [0.25, 0.3) is 0 Å². The Morgan fingerprint density at radius 1 is 1.29 bits per heavy atom. The molecule has 0 aliphatic carbocycles. The molecule has 138 valence electrons. The van der Waals surface area contributed by atoms with E-state index in [4.69, 9.17) is 0 Å². The van der Waals surface area contributed by atoms with Crippen molar-refractivity contribution in [1.82, 2.24) is 15.5 Å². The molecule has 24 heavy (non-hydrogen) atoms. The van der Waals surface area contributed by atoms with Crippen LogP contribution < -0.4 is 10.6 Å². The summed E-state index contributed by atoms with van der Waals surface area (Å²) in [5.41, 5.74) is 1.33. The van der Waals surface area contributed by atoms with Crippen molar-refractivity contribution in [3.63, 3.8) is 0 Å². The normalized spacial score (nSPS) is 18.2. The number of carbonyl (C=O) groups is 1. The van der Waals surface area contributed by atoms with E-state index >= 15 is 0 Å². The average Bonchev–Trinajstić information content (AvgIpc) is 2.56. The first-order chi connectivity index (χ1) is 10.7. The third-order valence-electron chi connectivity index (χ3n) is 4.52. The molecule has 4 nitrogen and oxygen atoms in total. The Morgan fingerprint density at radius 2 is 2.00 bits per heavy atom. The number of hydrogen-bond donors (Lipinski definition) is 2. The molecule has 6 heteroatoms. The smallest absolute Gasteiger partial charge is 0.237 e. The van der Waals surface area contributed by atoms with Crippen LogP contribution in [0.4, 0.5) is 0 Å². The van der Waals surface area contributed by atoms with Crippen LogP contribution in [-0.4, -0.2) is 43.0 Å². The summed E-state index contributed by atoms with van der Waals surface area (Å²) in [7, 11) is 2.14. The van der Waals surface area contributed by atoms with Crippen LogP contribution in [-0.2, 0) is 11.3 Å². The van der Waals surface area contributed by atoms with Gasteiger partial charge in [-0.2, -0.15) is 0 Å². The third-order valence-corrected chi connectivity index (χ3v) is 4.52. The molecule has 1 fully saturated rings. The summed E-state index contributed by atoms with van der Waals surface area (Å²) in [6.45, 7) is 4.87. The summed E-state index contributed by atoms with van der Waals surface area (Å²) < 4.78 is 0. The van der Waals surface area contributed by atoms with Crippen LogP contribution in [0.5, 0.6) is 0 Å². The first-order valence-corrected chi connectivity index (χ1v) is 8.42. The number of carbonyl (C=O) groups excluding carboxylic acids is 1. The Kier molecular flexibility index (Phi) is 12.1. The fraction of sp³-hybridized carbons (Fsp3) is 0.611. The van der Waals surface area contributed by atoms with E-state index < -0.39 is 0 Å². The van der Waals surface area contributed by atoms with Gasteiger partial charge in [-0.1, -0.05) is 36.8 Å².